The van der Waals surface area contributed by atoms with Gasteiger partial charge in [-0.25, -0.2) is 4.52 Å². The van der Waals surface area contributed by atoms with E-state index in [9.17, 15) is 10.0 Å². The van der Waals surface area contributed by atoms with Gasteiger partial charge in [0.25, 0.3) is 0 Å². The van der Waals surface area contributed by atoms with Gasteiger partial charge in [0.05, 0.1) is 11.9 Å². The third-order valence-electron chi connectivity index (χ3n) is 4.36. The monoisotopic (exact) mass is 361 g/mol. The summed E-state index contributed by atoms with van der Waals surface area (Å²) in [5.41, 5.74) is 4.20. The van der Waals surface area contributed by atoms with Crippen LogP contribution in [0.5, 0.6) is 0 Å². The van der Waals surface area contributed by atoms with Crippen LogP contribution >= 0.6 is 0 Å². The number of aromatic nitrogens is 2. The molecule has 0 fully saturated rings. The van der Waals surface area contributed by atoms with E-state index < -0.39 is 5.97 Å². The molecule has 27 heavy (non-hydrogen) atoms. The first kappa shape index (κ1) is 16.9. The van der Waals surface area contributed by atoms with E-state index in [4.69, 9.17) is 10.2 Å². The van der Waals surface area contributed by atoms with E-state index in [2.05, 4.69) is 0 Å². The first-order valence-electron chi connectivity index (χ1n) is 8.51. The maximum absolute atomic E-state index is 12.4. The summed E-state index contributed by atoms with van der Waals surface area (Å²) in [7, 11) is 0. The van der Waals surface area contributed by atoms with Gasteiger partial charge in [0.15, 0.2) is 0 Å². The molecule has 1 aliphatic rings. The lowest BCUT2D eigenvalue weighted by molar-refractivity contribution is -0.137. The first-order valence-corrected chi connectivity index (χ1v) is 8.51. The van der Waals surface area contributed by atoms with Gasteiger partial charge in [0.1, 0.15) is 5.69 Å². The number of hydroxylamine groups is 1. The van der Waals surface area contributed by atoms with Crippen LogP contribution in [0.2, 0.25) is 0 Å². The summed E-state index contributed by atoms with van der Waals surface area (Å²) < 4.78 is 1.79. The Kier molecular flexibility index (Phi) is 4.35. The van der Waals surface area contributed by atoms with Crippen LogP contribution in [0.3, 0.4) is 0 Å². The van der Waals surface area contributed by atoms with Crippen molar-refractivity contribution >= 4 is 17.1 Å². The summed E-state index contributed by atoms with van der Waals surface area (Å²) >= 11 is 0. The number of pyridine rings is 1. The molecule has 0 radical (unpaired) electrons. The predicted molar refractivity (Wildman–Crippen MR) is 102 cm³/mol. The molecule has 3 aromatic rings. The molecule has 0 spiro atoms. The fourth-order valence-electron chi connectivity index (χ4n) is 3.08. The van der Waals surface area contributed by atoms with Crippen LogP contribution in [0.4, 0.5) is 0 Å². The lowest BCUT2D eigenvalue weighted by atomic mass is 10.00. The minimum Gasteiger partial charge on any atom is -0.739 e. The second-order valence-electron chi connectivity index (χ2n) is 6.13. The van der Waals surface area contributed by atoms with Crippen molar-refractivity contribution in [2.24, 2.45) is 0 Å². The van der Waals surface area contributed by atoms with Gasteiger partial charge in [0, 0.05) is 41.8 Å². The lowest BCUT2D eigenvalue weighted by Crippen LogP contribution is -2.33. The number of nitrogens with zero attached hydrogens (tertiary/aromatic N) is 4. The van der Waals surface area contributed by atoms with E-state index in [0.717, 1.165) is 27.9 Å². The molecule has 1 N–H and O–H groups in total. The molecular formula is C20H17N4O3-. The number of fused-ring (bicyclic) bond motifs is 1. The summed E-state index contributed by atoms with van der Waals surface area (Å²) in [6.45, 7) is 0.111. The fourth-order valence-corrected chi connectivity index (χ4v) is 3.08. The number of hydrazine groups is 1. The summed E-state index contributed by atoms with van der Waals surface area (Å²) in [6, 6.07) is 15.6. The minimum absolute atomic E-state index is 0.111. The Morgan fingerprint density at radius 3 is 2.63 bits per heavy atom. The quantitative estimate of drug-likeness (QED) is 0.750. The Morgan fingerprint density at radius 2 is 1.89 bits per heavy atom. The largest absolute Gasteiger partial charge is 0.739 e. The summed E-state index contributed by atoms with van der Waals surface area (Å²) in [6.07, 6.45) is 6.63. The molecule has 0 atom stereocenters. The zero-order valence-electron chi connectivity index (χ0n) is 14.4. The number of rotatable bonds is 5. The average Bonchev–Trinajstić information content (AvgIpc) is 3.07. The number of aliphatic carboxylic acids is 1. The lowest BCUT2D eigenvalue weighted by Gasteiger charge is -2.40. The van der Waals surface area contributed by atoms with Crippen molar-refractivity contribution < 1.29 is 9.90 Å². The summed E-state index contributed by atoms with van der Waals surface area (Å²) in [5, 5.41) is 27.9. The molecule has 0 saturated heterocycles. The van der Waals surface area contributed by atoms with Gasteiger partial charge in [-0.3, -0.25) is 4.79 Å². The van der Waals surface area contributed by atoms with Gasteiger partial charge in [-0.15, -0.1) is 0 Å². The van der Waals surface area contributed by atoms with Crippen molar-refractivity contribution in [3.8, 4) is 11.3 Å². The number of hydrogen-bond donors (Lipinski definition) is 1. The molecule has 2 aromatic heterocycles. The topological polar surface area (TPSA) is 84.1 Å². The molecular weight excluding hydrogens is 344 g/mol. The van der Waals surface area contributed by atoms with Crippen LogP contribution in [0.15, 0.2) is 73.2 Å². The first-order chi connectivity index (χ1) is 13.1. The Morgan fingerprint density at radius 1 is 1.11 bits per heavy atom. The number of carboxylic acid groups (broad SMARTS) is 1. The van der Waals surface area contributed by atoms with Crippen molar-refractivity contribution in [1.82, 2.24) is 19.8 Å². The van der Waals surface area contributed by atoms with Gasteiger partial charge in [0.2, 0.25) is 0 Å². The molecule has 4 rings (SSSR count). The second-order valence-corrected chi connectivity index (χ2v) is 6.13. The molecule has 0 bridgehead atoms. The van der Waals surface area contributed by atoms with Crippen LogP contribution in [0.1, 0.15) is 12.0 Å². The van der Waals surface area contributed by atoms with Crippen LogP contribution in [0.25, 0.3) is 22.3 Å². The SMILES string of the molecule is O=C(O)CCN1C=CC(c2c(-c3ccccc3)nn3ccccc23)=CN1[O-]. The van der Waals surface area contributed by atoms with Crippen molar-refractivity contribution in [3.05, 3.63) is 84.0 Å². The molecule has 136 valence electrons. The highest BCUT2D eigenvalue weighted by molar-refractivity contribution is 5.92. The number of hydrogen-bond acceptors (Lipinski definition) is 5. The van der Waals surface area contributed by atoms with Crippen molar-refractivity contribution in [3.63, 3.8) is 0 Å². The highest BCUT2D eigenvalue weighted by Crippen LogP contribution is 2.34. The Labute approximate surface area is 155 Å². The Hall–Kier alpha value is -3.58. The van der Waals surface area contributed by atoms with E-state index in [1.165, 1.54) is 11.2 Å². The van der Waals surface area contributed by atoms with Crippen LogP contribution in [-0.2, 0) is 4.79 Å². The van der Waals surface area contributed by atoms with Crippen molar-refractivity contribution in [1.29, 1.82) is 0 Å². The zero-order valence-corrected chi connectivity index (χ0v) is 14.4. The van der Waals surface area contributed by atoms with Gasteiger partial charge < -0.3 is 20.5 Å². The predicted octanol–water partition coefficient (Wildman–Crippen LogP) is 3.36. The van der Waals surface area contributed by atoms with Crippen LogP contribution in [0, 0.1) is 5.21 Å². The molecule has 1 aromatic carbocycles. The minimum atomic E-state index is -0.944. The molecule has 3 heterocycles. The summed E-state index contributed by atoms with van der Waals surface area (Å²) in [4.78, 5) is 10.7. The number of carbonyl (C=O) groups is 1. The normalized spacial score (nSPS) is 13.9. The van der Waals surface area contributed by atoms with Crippen molar-refractivity contribution in [2.75, 3.05) is 6.54 Å². The zero-order chi connectivity index (χ0) is 18.8. The standard InChI is InChI=1S/C20H17N4O3/c25-18(26)10-13-22-12-9-16(14-24(22)27)19-17-8-4-5-11-23(17)21-20(19)15-6-2-1-3-7-15/h1-9,11-12,14H,10,13H2,(H,25,26)/q-1. The molecule has 1 aliphatic heterocycles. The smallest absolute Gasteiger partial charge is 0.305 e. The molecule has 7 heteroatoms. The van der Waals surface area contributed by atoms with E-state index in [-0.39, 0.29) is 13.0 Å². The third kappa shape index (κ3) is 3.28. The molecule has 0 unspecified atom stereocenters. The highest BCUT2D eigenvalue weighted by Gasteiger charge is 2.19. The third-order valence-corrected chi connectivity index (χ3v) is 4.36. The van der Waals surface area contributed by atoms with Gasteiger partial charge in [-0.05, 0) is 18.2 Å². The van der Waals surface area contributed by atoms with E-state index in [0.29, 0.717) is 5.17 Å². The van der Waals surface area contributed by atoms with E-state index in [1.807, 2.05) is 60.8 Å². The maximum atomic E-state index is 12.4. The maximum Gasteiger partial charge on any atom is 0.305 e. The highest BCUT2D eigenvalue weighted by atomic mass is 16.5. The van der Waals surface area contributed by atoms with Gasteiger partial charge >= 0.3 is 5.97 Å². The fraction of sp³-hybridized carbons (Fsp3) is 0.100. The number of benzene rings is 1. The molecule has 0 saturated carbocycles. The summed E-state index contributed by atoms with van der Waals surface area (Å²) in [5.74, 6) is -0.944. The van der Waals surface area contributed by atoms with E-state index >= 15 is 0 Å². The Balaban J connectivity index is 1.77. The Bertz CT molecular complexity index is 1040. The van der Waals surface area contributed by atoms with E-state index in [1.54, 1.807) is 10.7 Å². The molecule has 0 aliphatic carbocycles. The number of carboxylic acids is 1. The van der Waals surface area contributed by atoms with Gasteiger partial charge in [-0.2, -0.15) is 5.10 Å². The van der Waals surface area contributed by atoms with Crippen molar-refractivity contribution in [2.45, 2.75) is 6.42 Å². The molecule has 7 nitrogen and oxygen atoms in total. The average molecular weight is 361 g/mol. The van der Waals surface area contributed by atoms with Crippen LogP contribution < -0.4 is 0 Å². The van der Waals surface area contributed by atoms with Crippen LogP contribution in [-0.4, -0.2) is 37.4 Å². The second kappa shape index (κ2) is 6.97. The van der Waals surface area contributed by atoms with Gasteiger partial charge in [-0.1, -0.05) is 36.4 Å². The molecule has 0 amide bonds. The number of allylic oxidation sites excluding steroid dienone is 2.